The number of nitrogens with zero attached hydrogens (tertiary/aromatic N) is 6. The lowest BCUT2D eigenvalue weighted by atomic mass is 10.0. The van der Waals surface area contributed by atoms with E-state index in [9.17, 15) is 9.18 Å². The van der Waals surface area contributed by atoms with Gasteiger partial charge >= 0.3 is 6.09 Å². The van der Waals surface area contributed by atoms with Gasteiger partial charge in [-0.1, -0.05) is 16.4 Å². The second kappa shape index (κ2) is 7.54. The number of hydrogen-bond acceptors (Lipinski definition) is 7. The van der Waals surface area contributed by atoms with Crippen LogP contribution in [-0.2, 0) is 16.1 Å². The van der Waals surface area contributed by atoms with Crippen LogP contribution in [0.2, 0.25) is 0 Å². The molecular formula is C20H16FN6O3. The fourth-order valence-electron chi connectivity index (χ4n) is 3.40. The number of rotatable bonds is 5. The smallest absolute Gasteiger partial charge is 0.414 e. The molecule has 0 unspecified atom stereocenters. The van der Waals surface area contributed by atoms with Crippen molar-refractivity contribution >= 4 is 17.5 Å². The van der Waals surface area contributed by atoms with E-state index in [-0.39, 0.29) is 0 Å². The number of anilines is 1. The van der Waals surface area contributed by atoms with Crippen LogP contribution in [0.1, 0.15) is 12.1 Å². The number of carbonyl (C=O) groups excluding carboxylic acids is 1. The summed E-state index contributed by atoms with van der Waals surface area (Å²) in [5, 5.41) is 11.5. The number of cyclic esters (lactones) is 1. The monoisotopic (exact) mass is 407 g/mol. The lowest BCUT2D eigenvalue weighted by molar-refractivity contribution is 0.129. The molecule has 0 bridgehead atoms. The summed E-state index contributed by atoms with van der Waals surface area (Å²) < 4.78 is 21.8. The summed E-state index contributed by atoms with van der Waals surface area (Å²) in [6.45, 7) is 2.27. The fourth-order valence-corrected chi connectivity index (χ4v) is 3.40. The van der Waals surface area contributed by atoms with Crippen molar-refractivity contribution in [2.24, 2.45) is 5.16 Å². The molecule has 0 saturated carbocycles. The molecule has 1 aromatic carbocycles. The first-order valence-electron chi connectivity index (χ1n) is 9.30. The largest absolute Gasteiger partial charge is 0.442 e. The Morgan fingerprint density at radius 2 is 2.17 bits per heavy atom. The highest BCUT2D eigenvalue weighted by Gasteiger charge is 2.33. The van der Waals surface area contributed by atoms with Crippen molar-refractivity contribution in [2.75, 3.05) is 11.4 Å². The van der Waals surface area contributed by atoms with E-state index in [0.717, 1.165) is 5.71 Å². The molecule has 1 radical (unpaired) electrons. The minimum absolute atomic E-state index is 0.301. The summed E-state index contributed by atoms with van der Waals surface area (Å²) in [6.07, 6.45) is 4.51. The second-order valence-corrected chi connectivity index (χ2v) is 6.85. The maximum absolute atomic E-state index is 14.8. The zero-order valence-corrected chi connectivity index (χ0v) is 15.7. The minimum Gasteiger partial charge on any atom is -0.442 e. The highest BCUT2D eigenvalue weighted by atomic mass is 19.1. The van der Waals surface area contributed by atoms with Crippen LogP contribution in [0, 0.1) is 12.4 Å². The Morgan fingerprint density at radius 3 is 2.87 bits per heavy atom. The topological polar surface area (TPSA) is 94.7 Å². The second-order valence-electron chi connectivity index (χ2n) is 6.85. The summed E-state index contributed by atoms with van der Waals surface area (Å²) in [5.41, 5.74) is 2.85. The molecule has 10 heteroatoms. The maximum atomic E-state index is 14.8. The Bertz CT molecular complexity index is 1100. The predicted molar refractivity (Wildman–Crippen MR) is 104 cm³/mol. The Kier molecular flexibility index (Phi) is 4.58. The molecule has 2 aliphatic rings. The molecule has 0 aliphatic carbocycles. The molecule has 30 heavy (non-hydrogen) atoms. The third kappa shape index (κ3) is 3.47. The van der Waals surface area contributed by atoms with E-state index in [1.54, 1.807) is 54.1 Å². The van der Waals surface area contributed by atoms with Gasteiger partial charge in [-0.25, -0.2) is 13.9 Å². The molecule has 1 fully saturated rings. The van der Waals surface area contributed by atoms with Crippen LogP contribution in [-0.4, -0.2) is 44.4 Å². The van der Waals surface area contributed by atoms with Gasteiger partial charge in [-0.3, -0.25) is 9.88 Å². The van der Waals surface area contributed by atoms with Crippen LogP contribution in [0.25, 0.3) is 11.1 Å². The Balaban J connectivity index is 1.32. The van der Waals surface area contributed by atoms with E-state index in [1.807, 2.05) is 0 Å². The number of hydrogen-bond donors (Lipinski definition) is 0. The van der Waals surface area contributed by atoms with Crippen molar-refractivity contribution < 1.29 is 18.8 Å². The number of aromatic nitrogens is 4. The number of halogens is 1. The van der Waals surface area contributed by atoms with Crippen LogP contribution < -0.4 is 4.90 Å². The predicted octanol–water partition coefficient (Wildman–Crippen LogP) is 2.79. The quantitative estimate of drug-likeness (QED) is 0.646. The van der Waals surface area contributed by atoms with E-state index < -0.39 is 18.0 Å². The summed E-state index contributed by atoms with van der Waals surface area (Å²) in [5.74, 6) is -0.454. The number of pyridine rings is 1. The van der Waals surface area contributed by atoms with Gasteiger partial charge in [0.2, 0.25) is 0 Å². The first-order valence-corrected chi connectivity index (χ1v) is 9.30. The van der Waals surface area contributed by atoms with E-state index in [0.29, 0.717) is 42.0 Å². The van der Waals surface area contributed by atoms with Gasteiger partial charge in [0.25, 0.3) is 0 Å². The molecular weight excluding hydrogens is 391 g/mol. The first-order chi connectivity index (χ1) is 14.7. The summed E-state index contributed by atoms with van der Waals surface area (Å²) >= 11 is 0. The summed E-state index contributed by atoms with van der Waals surface area (Å²) in [7, 11) is 0. The van der Waals surface area contributed by atoms with Gasteiger partial charge in [0.1, 0.15) is 17.6 Å². The maximum Gasteiger partial charge on any atom is 0.414 e. The highest BCUT2D eigenvalue weighted by molar-refractivity contribution is 6.00. The van der Waals surface area contributed by atoms with Gasteiger partial charge in [0, 0.05) is 29.9 Å². The van der Waals surface area contributed by atoms with Crippen molar-refractivity contribution in [3.63, 3.8) is 0 Å². The SMILES string of the molecule is O=C1O[C@@H](Cn2ccnn2)CN1c1ccc(-c2ccc(C3=NO[CH]C3)nc2)c(F)c1. The van der Waals surface area contributed by atoms with Gasteiger partial charge in [-0.15, -0.1) is 5.10 Å². The van der Waals surface area contributed by atoms with Crippen LogP contribution in [0.5, 0.6) is 0 Å². The van der Waals surface area contributed by atoms with Crippen LogP contribution in [0.4, 0.5) is 14.9 Å². The van der Waals surface area contributed by atoms with E-state index in [4.69, 9.17) is 9.57 Å². The average molecular weight is 407 g/mol. The van der Waals surface area contributed by atoms with Gasteiger partial charge in [0.05, 0.1) is 30.7 Å². The number of oxime groups is 1. The van der Waals surface area contributed by atoms with Crippen LogP contribution in [0.15, 0.2) is 54.1 Å². The molecule has 1 saturated heterocycles. The molecule has 9 nitrogen and oxygen atoms in total. The molecule has 2 aliphatic heterocycles. The van der Waals surface area contributed by atoms with Crippen molar-refractivity contribution in [3.05, 3.63) is 67.0 Å². The summed E-state index contributed by atoms with van der Waals surface area (Å²) in [4.78, 5) is 22.9. The molecule has 4 heterocycles. The molecule has 5 rings (SSSR count). The van der Waals surface area contributed by atoms with E-state index >= 15 is 0 Å². The standard InChI is InChI=1S/C20H16FN6O3/c21-17-9-14(27-12-15(30-20(27)28)11-26-7-6-23-25-26)2-3-16(17)13-1-4-18(22-10-13)19-5-8-29-24-19/h1-4,6-10,15H,5,11-12H2/t15-/m0/s1. The number of carbonyl (C=O) groups is 1. The normalized spacial score (nSPS) is 18.3. The van der Waals surface area contributed by atoms with Crippen molar-refractivity contribution in [1.29, 1.82) is 0 Å². The molecule has 0 N–H and O–H groups in total. The van der Waals surface area contributed by atoms with Gasteiger partial charge in [-0.2, -0.15) is 0 Å². The van der Waals surface area contributed by atoms with E-state index in [2.05, 4.69) is 20.5 Å². The minimum atomic E-state index is -0.519. The third-order valence-corrected chi connectivity index (χ3v) is 4.89. The van der Waals surface area contributed by atoms with Gasteiger partial charge < -0.3 is 9.57 Å². The lowest BCUT2D eigenvalue weighted by Crippen LogP contribution is -2.26. The first kappa shape index (κ1) is 18.2. The molecule has 1 amide bonds. The fraction of sp³-hybridized carbons (Fsp3) is 0.200. The van der Waals surface area contributed by atoms with Crippen LogP contribution >= 0.6 is 0 Å². The number of amides is 1. The van der Waals surface area contributed by atoms with E-state index in [1.165, 1.54) is 11.0 Å². The Morgan fingerprint density at radius 1 is 1.23 bits per heavy atom. The Labute approximate surface area is 170 Å². The zero-order chi connectivity index (χ0) is 20.5. The molecule has 0 spiro atoms. The molecule has 151 valence electrons. The molecule has 3 aromatic rings. The lowest BCUT2D eigenvalue weighted by Gasteiger charge is -2.14. The number of ether oxygens (including phenoxy) is 1. The Hall–Kier alpha value is -3.82. The van der Waals surface area contributed by atoms with Crippen molar-refractivity contribution in [3.8, 4) is 11.1 Å². The highest BCUT2D eigenvalue weighted by Crippen LogP contribution is 2.29. The summed E-state index contributed by atoms with van der Waals surface area (Å²) in [6, 6.07) is 8.20. The van der Waals surface area contributed by atoms with Crippen molar-refractivity contribution in [2.45, 2.75) is 19.1 Å². The van der Waals surface area contributed by atoms with Gasteiger partial charge in [-0.05, 0) is 24.3 Å². The third-order valence-electron chi connectivity index (χ3n) is 4.89. The zero-order valence-electron chi connectivity index (χ0n) is 15.7. The van der Waals surface area contributed by atoms with Crippen molar-refractivity contribution in [1.82, 2.24) is 20.0 Å². The average Bonchev–Trinajstić information content (AvgIpc) is 3.51. The molecule has 1 atom stereocenters. The number of benzene rings is 1. The van der Waals surface area contributed by atoms with Gasteiger partial charge in [0.15, 0.2) is 6.61 Å². The molecule has 2 aromatic heterocycles. The van der Waals surface area contributed by atoms with Crippen LogP contribution in [0.3, 0.4) is 0 Å².